The van der Waals surface area contributed by atoms with E-state index < -0.39 is 0 Å². The van der Waals surface area contributed by atoms with Gasteiger partial charge in [0.2, 0.25) is 0 Å². The van der Waals surface area contributed by atoms with Crippen molar-refractivity contribution in [1.29, 1.82) is 0 Å². The van der Waals surface area contributed by atoms with Crippen LogP contribution < -0.4 is 5.32 Å². The Balaban J connectivity index is 1.62. The highest BCUT2D eigenvalue weighted by Gasteiger charge is 2.13. The van der Waals surface area contributed by atoms with Crippen molar-refractivity contribution in [3.8, 4) is 0 Å². The van der Waals surface area contributed by atoms with Gasteiger partial charge in [-0.25, -0.2) is 4.79 Å². The van der Waals surface area contributed by atoms with Crippen molar-refractivity contribution in [3.05, 3.63) is 64.7 Å². The van der Waals surface area contributed by atoms with Crippen LogP contribution in [-0.4, -0.2) is 18.5 Å². The highest BCUT2D eigenvalue weighted by atomic mass is 16.5. The number of esters is 1. The van der Waals surface area contributed by atoms with Crippen LogP contribution in [-0.2, 0) is 17.6 Å². The van der Waals surface area contributed by atoms with Gasteiger partial charge < -0.3 is 10.1 Å². The zero-order valence-electron chi connectivity index (χ0n) is 15.2. The fraction of sp³-hybridized carbons (Fsp3) is 0.364. The summed E-state index contributed by atoms with van der Waals surface area (Å²) < 4.78 is 5.19. The Kier molecular flexibility index (Phi) is 6.05. The van der Waals surface area contributed by atoms with E-state index in [4.69, 9.17) is 4.74 Å². The quantitative estimate of drug-likeness (QED) is 0.602. The Labute approximate surface area is 154 Å². The van der Waals surface area contributed by atoms with Crippen molar-refractivity contribution in [2.24, 2.45) is 0 Å². The number of amides is 1. The average molecular weight is 351 g/mol. The molecule has 1 N–H and O–H groups in total. The van der Waals surface area contributed by atoms with Gasteiger partial charge in [0.1, 0.15) is 0 Å². The predicted octanol–water partition coefficient (Wildman–Crippen LogP) is 4.77. The van der Waals surface area contributed by atoms with Crippen molar-refractivity contribution in [2.75, 3.05) is 11.9 Å². The molecule has 0 aromatic heterocycles. The Morgan fingerprint density at radius 2 is 1.65 bits per heavy atom. The molecular formula is C22H25NO3. The van der Waals surface area contributed by atoms with E-state index >= 15 is 0 Å². The normalized spacial score (nSPS) is 13.0. The number of carbonyl (C=O) groups is 2. The summed E-state index contributed by atoms with van der Waals surface area (Å²) in [6, 6.07) is 12.8. The van der Waals surface area contributed by atoms with Crippen LogP contribution in [0.15, 0.2) is 42.5 Å². The molecule has 0 bridgehead atoms. The molecule has 26 heavy (non-hydrogen) atoms. The van der Waals surface area contributed by atoms with Crippen LogP contribution in [0.3, 0.4) is 0 Å². The van der Waals surface area contributed by atoms with E-state index in [1.807, 2.05) is 19.1 Å². The number of benzene rings is 2. The van der Waals surface area contributed by atoms with E-state index in [9.17, 15) is 9.59 Å². The standard InChI is InChI=1S/C22H25NO3/c1-2-3-14-26-22(25)17-10-12-20(13-11-17)23-21(24)19-9-8-16-6-4-5-7-18(16)15-19/h8-13,15H,2-7,14H2,1H3,(H,23,24). The number of aryl methyl sites for hydroxylation is 2. The minimum atomic E-state index is -0.328. The van der Waals surface area contributed by atoms with Crippen molar-refractivity contribution in [1.82, 2.24) is 0 Å². The number of ether oxygens (including phenoxy) is 1. The topological polar surface area (TPSA) is 55.4 Å². The number of rotatable bonds is 6. The molecule has 0 saturated carbocycles. The summed E-state index contributed by atoms with van der Waals surface area (Å²) >= 11 is 0. The van der Waals surface area contributed by atoms with E-state index in [1.165, 1.54) is 24.0 Å². The lowest BCUT2D eigenvalue weighted by Crippen LogP contribution is -2.14. The summed E-state index contributed by atoms with van der Waals surface area (Å²) in [6.07, 6.45) is 6.42. The molecule has 1 amide bonds. The zero-order valence-corrected chi connectivity index (χ0v) is 15.2. The highest BCUT2D eigenvalue weighted by molar-refractivity contribution is 6.04. The molecule has 1 aliphatic rings. The smallest absolute Gasteiger partial charge is 0.338 e. The lowest BCUT2D eigenvalue weighted by Gasteiger charge is -2.16. The SMILES string of the molecule is CCCCOC(=O)c1ccc(NC(=O)c2ccc3c(c2)CCCC3)cc1. The molecular weight excluding hydrogens is 326 g/mol. The summed E-state index contributed by atoms with van der Waals surface area (Å²) in [6.45, 7) is 2.49. The first-order chi connectivity index (χ1) is 12.7. The molecule has 0 heterocycles. The average Bonchev–Trinajstić information content (AvgIpc) is 2.68. The number of hydrogen-bond donors (Lipinski definition) is 1. The summed E-state index contributed by atoms with van der Waals surface area (Å²) in [7, 11) is 0. The molecule has 1 aliphatic carbocycles. The van der Waals surface area contributed by atoms with Gasteiger partial charge in [0.15, 0.2) is 0 Å². The number of hydrogen-bond acceptors (Lipinski definition) is 3. The van der Waals surface area contributed by atoms with Crippen LogP contribution in [0.4, 0.5) is 5.69 Å². The summed E-state index contributed by atoms with van der Waals surface area (Å²) in [5, 5.41) is 2.89. The Morgan fingerprint density at radius 3 is 2.38 bits per heavy atom. The summed E-state index contributed by atoms with van der Waals surface area (Å²) in [5.74, 6) is -0.456. The molecule has 0 aliphatic heterocycles. The first-order valence-electron chi connectivity index (χ1n) is 9.37. The van der Waals surface area contributed by atoms with Crippen molar-refractivity contribution >= 4 is 17.6 Å². The fourth-order valence-electron chi connectivity index (χ4n) is 3.16. The van der Waals surface area contributed by atoms with Gasteiger partial charge in [-0.05, 0) is 79.6 Å². The van der Waals surface area contributed by atoms with Gasteiger partial charge in [-0.2, -0.15) is 0 Å². The fourth-order valence-corrected chi connectivity index (χ4v) is 3.16. The minimum absolute atomic E-state index is 0.128. The minimum Gasteiger partial charge on any atom is -0.462 e. The molecule has 2 aromatic carbocycles. The summed E-state index contributed by atoms with van der Waals surface area (Å²) in [4.78, 5) is 24.4. The van der Waals surface area contributed by atoms with E-state index in [0.717, 1.165) is 25.7 Å². The van der Waals surface area contributed by atoms with E-state index in [-0.39, 0.29) is 11.9 Å². The van der Waals surface area contributed by atoms with Gasteiger partial charge in [-0.15, -0.1) is 0 Å². The third-order valence-corrected chi connectivity index (χ3v) is 4.72. The Bertz CT molecular complexity index is 780. The second-order valence-electron chi connectivity index (χ2n) is 6.71. The number of fused-ring (bicyclic) bond motifs is 1. The zero-order chi connectivity index (χ0) is 18.4. The molecule has 0 radical (unpaired) electrons. The van der Waals surface area contributed by atoms with Gasteiger partial charge in [0, 0.05) is 11.3 Å². The Hall–Kier alpha value is -2.62. The van der Waals surface area contributed by atoms with Crippen LogP contribution in [0, 0.1) is 0 Å². The van der Waals surface area contributed by atoms with Gasteiger partial charge >= 0.3 is 5.97 Å². The maximum Gasteiger partial charge on any atom is 0.338 e. The van der Waals surface area contributed by atoms with Crippen LogP contribution in [0.5, 0.6) is 0 Å². The van der Waals surface area contributed by atoms with E-state index in [0.29, 0.717) is 23.4 Å². The van der Waals surface area contributed by atoms with Crippen LogP contribution in [0.2, 0.25) is 0 Å². The number of nitrogens with one attached hydrogen (secondary N) is 1. The van der Waals surface area contributed by atoms with Crippen LogP contribution in [0.25, 0.3) is 0 Å². The number of unbranched alkanes of at least 4 members (excludes halogenated alkanes) is 1. The maximum atomic E-state index is 12.5. The molecule has 4 heteroatoms. The summed E-state index contributed by atoms with van der Waals surface area (Å²) in [5.41, 5.74) is 4.48. The number of carbonyl (C=O) groups excluding carboxylic acids is 2. The molecule has 0 fully saturated rings. The van der Waals surface area contributed by atoms with E-state index in [1.54, 1.807) is 24.3 Å². The van der Waals surface area contributed by atoms with Gasteiger partial charge in [0.05, 0.1) is 12.2 Å². The highest BCUT2D eigenvalue weighted by Crippen LogP contribution is 2.22. The predicted molar refractivity (Wildman–Crippen MR) is 103 cm³/mol. The molecule has 4 nitrogen and oxygen atoms in total. The molecule has 3 rings (SSSR count). The molecule has 0 atom stereocenters. The third kappa shape index (κ3) is 4.51. The molecule has 2 aromatic rings. The lowest BCUT2D eigenvalue weighted by atomic mass is 9.90. The molecule has 0 unspecified atom stereocenters. The van der Waals surface area contributed by atoms with Crippen LogP contribution in [0.1, 0.15) is 64.4 Å². The van der Waals surface area contributed by atoms with Crippen molar-refractivity contribution in [2.45, 2.75) is 45.4 Å². The number of anilines is 1. The first kappa shape index (κ1) is 18.2. The second-order valence-corrected chi connectivity index (χ2v) is 6.71. The van der Waals surface area contributed by atoms with Crippen molar-refractivity contribution in [3.63, 3.8) is 0 Å². The maximum absolute atomic E-state index is 12.5. The molecule has 0 spiro atoms. The monoisotopic (exact) mass is 351 g/mol. The van der Waals surface area contributed by atoms with Gasteiger partial charge in [0.25, 0.3) is 5.91 Å². The largest absolute Gasteiger partial charge is 0.462 e. The van der Waals surface area contributed by atoms with E-state index in [2.05, 4.69) is 11.4 Å². The third-order valence-electron chi connectivity index (χ3n) is 4.72. The first-order valence-corrected chi connectivity index (χ1v) is 9.37. The Morgan fingerprint density at radius 1 is 0.962 bits per heavy atom. The van der Waals surface area contributed by atoms with Crippen molar-refractivity contribution < 1.29 is 14.3 Å². The molecule has 0 saturated heterocycles. The second kappa shape index (κ2) is 8.65. The van der Waals surface area contributed by atoms with Crippen LogP contribution >= 0.6 is 0 Å². The van der Waals surface area contributed by atoms with Gasteiger partial charge in [-0.3, -0.25) is 4.79 Å². The lowest BCUT2D eigenvalue weighted by molar-refractivity contribution is 0.0499. The molecule has 136 valence electrons. The van der Waals surface area contributed by atoms with Gasteiger partial charge in [-0.1, -0.05) is 19.4 Å².